The summed E-state index contributed by atoms with van der Waals surface area (Å²) in [6.07, 6.45) is 0.108. The zero-order valence-electron chi connectivity index (χ0n) is 13.4. The highest BCUT2D eigenvalue weighted by atomic mass is 35.5. The van der Waals surface area contributed by atoms with E-state index in [-0.39, 0.29) is 18.9 Å². The maximum absolute atomic E-state index is 12.1. The first-order valence-corrected chi connectivity index (χ1v) is 7.58. The van der Waals surface area contributed by atoms with Gasteiger partial charge >= 0.3 is 0 Å². The van der Waals surface area contributed by atoms with Gasteiger partial charge in [-0.25, -0.2) is 0 Å². The molecule has 1 atom stereocenters. The maximum atomic E-state index is 12.1. The van der Waals surface area contributed by atoms with Crippen molar-refractivity contribution in [3.63, 3.8) is 0 Å². The molecule has 1 aromatic heterocycles. The van der Waals surface area contributed by atoms with E-state index in [1.807, 2.05) is 0 Å². The van der Waals surface area contributed by atoms with Crippen molar-refractivity contribution in [3.8, 4) is 5.75 Å². The number of ether oxygens (including phenoxy) is 1. The van der Waals surface area contributed by atoms with Crippen molar-refractivity contribution in [2.24, 2.45) is 0 Å². The third-order valence-corrected chi connectivity index (χ3v) is 3.73. The zero-order chi connectivity index (χ0) is 17.0. The van der Waals surface area contributed by atoms with Crippen molar-refractivity contribution < 1.29 is 19.1 Å². The fraction of sp³-hybridized carbons (Fsp3) is 0.353. The van der Waals surface area contributed by atoms with Gasteiger partial charge in [-0.05, 0) is 44.2 Å². The Kier molecular flexibility index (Phi) is 5.34. The van der Waals surface area contributed by atoms with Gasteiger partial charge in [0.25, 0.3) is 0 Å². The van der Waals surface area contributed by atoms with Gasteiger partial charge in [-0.1, -0.05) is 11.6 Å². The quantitative estimate of drug-likeness (QED) is 0.850. The number of hydrogen-bond donors (Lipinski definition) is 2. The summed E-state index contributed by atoms with van der Waals surface area (Å²) in [5.41, 5.74) is -0.589. The summed E-state index contributed by atoms with van der Waals surface area (Å²) in [6.45, 7) is 3.43. The number of carbonyl (C=O) groups is 1. The molecule has 1 amide bonds. The Morgan fingerprint density at radius 2 is 2.13 bits per heavy atom. The molecule has 0 radical (unpaired) electrons. The Labute approximate surface area is 140 Å². The number of benzene rings is 1. The summed E-state index contributed by atoms with van der Waals surface area (Å²) in [7, 11) is 1.54. The monoisotopic (exact) mass is 337 g/mol. The molecule has 124 valence electrons. The highest BCUT2D eigenvalue weighted by Gasteiger charge is 2.27. The van der Waals surface area contributed by atoms with Gasteiger partial charge in [0.05, 0.1) is 20.1 Å². The van der Waals surface area contributed by atoms with Crippen molar-refractivity contribution >= 4 is 17.5 Å². The SMILES string of the molecule is COc1ccc(Cl)cc1CC(=O)NCC(C)(O)c1ccc(C)o1. The minimum absolute atomic E-state index is 0.0433. The number of carbonyl (C=O) groups excluding carboxylic acids is 1. The van der Waals surface area contributed by atoms with E-state index in [0.29, 0.717) is 27.9 Å². The molecule has 0 fully saturated rings. The molecule has 23 heavy (non-hydrogen) atoms. The number of halogens is 1. The lowest BCUT2D eigenvalue weighted by molar-refractivity contribution is -0.121. The molecule has 2 rings (SSSR count). The van der Waals surface area contributed by atoms with E-state index in [9.17, 15) is 9.90 Å². The molecule has 1 unspecified atom stereocenters. The van der Waals surface area contributed by atoms with Gasteiger partial charge in [0, 0.05) is 10.6 Å². The van der Waals surface area contributed by atoms with E-state index in [2.05, 4.69) is 5.32 Å². The average Bonchev–Trinajstić information content (AvgIpc) is 2.93. The number of furan rings is 1. The Hall–Kier alpha value is -1.98. The van der Waals surface area contributed by atoms with E-state index in [0.717, 1.165) is 0 Å². The fourth-order valence-corrected chi connectivity index (χ4v) is 2.40. The number of aliphatic hydroxyl groups is 1. The Balaban J connectivity index is 1.99. The van der Waals surface area contributed by atoms with Crippen LogP contribution in [0.1, 0.15) is 24.0 Å². The van der Waals surface area contributed by atoms with Crippen LogP contribution in [0.4, 0.5) is 0 Å². The molecular weight excluding hydrogens is 318 g/mol. The number of amides is 1. The molecule has 0 aliphatic heterocycles. The minimum Gasteiger partial charge on any atom is -0.496 e. The molecule has 1 aromatic carbocycles. The lowest BCUT2D eigenvalue weighted by Gasteiger charge is -2.21. The van der Waals surface area contributed by atoms with E-state index in [1.165, 1.54) is 7.11 Å². The molecule has 2 aromatic rings. The molecule has 0 aliphatic rings. The van der Waals surface area contributed by atoms with Gasteiger partial charge in [0.2, 0.25) is 5.91 Å². The zero-order valence-corrected chi connectivity index (χ0v) is 14.1. The Morgan fingerprint density at radius 1 is 1.39 bits per heavy atom. The van der Waals surface area contributed by atoms with Crippen LogP contribution in [-0.4, -0.2) is 24.7 Å². The summed E-state index contributed by atoms with van der Waals surface area (Å²) in [4.78, 5) is 12.1. The van der Waals surface area contributed by atoms with Crippen LogP contribution in [0.3, 0.4) is 0 Å². The highest BCUT2D eigenvalue weighted by molar-refractivity contribution is 6.30. The fourth-order valence-electron chi connectivity index (χ4n) is 2.20. The lowest BCUT2D eigenvalue weighted by Crippen LogP contribution is -2.39. The van der Waals surface area contributed by atoms with Crippen LogP contribution in [0, 0.1) is 6.92 Å². The van der Waals surface area contributed by atoms with Crippen molar-refractivity contribution in [2.45, 2.75) is 25.9 Å². The molecule has 0 saturated heterocycles. The predicted octanol–water partition coefficient (Wildman–Crippen LogP) is 2.82. The van der Waals surface area contributed by atoms with Gasteiger partial charge in [-0.3, -0.25) is 4.79 Å². The van der Waals surface area contributed by atoms with Crippen molar-refractivity contribution in [2.75, 3.05) is 13.7 Å². The largest absolute Gasteiger partial charge is 0.496 e. The number of aryl methyl sites for hydroxylation is 1. The third-order valence-electron chi connectivity index (χ3n) is 3.49. The van der Waals surface area contributed by atoms with Crippen molar-refractivity contribution in [1.29, 1.82) is 0 Å². The minimum atomic E-state index is -1.28. The van der Waals surface area contributed by atoms with Crippen molar-refractivity contribution in [3.05, 3.63) is 52.4 Å². The second kappa shape index (κ2) is 7.06. The Morgan fingerprint density at radius 3 is 2.74 bits per heavy atom. The van der Waals surface area contributed by atoms with Crippen LogP contribution in [0.2, 0.25) is 5.02 Å². The number of nitrogens with one attached hydrogen (secondary N) is 1. The van der Waals surface area contributed by atoms with Gasteiger partial charge in [-0.15, -0.1) is 0 Å². The summed E-state index contributed by atoms with van der Waals surface area (Å²) < 4.78 is 10.6. The van der Waals surface area contributed by atoms with Gasteiger partial charge in [0.1, 0.15) is 22.9 Å². The maximum Gasteiger partial charge on any atom is 0.224 e. The van der Waals surface area contributed by atoms with Crippen LogP contribution in [-0.2, 0) is 16.8 Å². The van der Waals surface area contributed by atoms with Gasteiger partial charge in [0.15, 0.2) is 0 Å². The summed E-state index contributed by atoms with van der Waals surface area (Å²) >= 11 is 5.95. The Bertz CT molecular complexity index is 694. The molecule has 0 spiro atoms. The first-order valence-electron chi connectivity index (χ1n) is 7.20. The predicted molar refractivity (Wildman–Crippen MR) is 87.7 cm³/mol. The molecule has 1 heterocycles. The first kappa shape index (κ1) is 17.4. The van der Waals surface area contributed by atoms with Crippen LogP contribution in [0.25, 0.3) is 0 Å². The molecule has 0 bridgehead atoms. The smallest absolute Gasteiger partial charge is 0.224 e. The highest BCUT2D eigenvalue weighted by Crippen LogP contribution is 2.24. The second-order valence-electron chi connectivity index (χ2n) is 5.59. The molecular formula is C17H20ClNO4. The van der Waals surface area contributed by atoms with E-state index in [1.54, 1.807) is 44.2 Å². The lowest BCUT2D eigenvalue weighted by atomic mass is 10.0. The van der Waals surface area contributed by atoms with E-state index in [4.69, 9.17) is 20.8 Å². The van der Waals surface area contributed by atoms with Crippen molar-refractivity contribution in [1.82, 2.24) is 5.32 Å². The summed E-state index contributed by atoms with van der Waals surface area (Å²) in [6, 6.07) is 8.57. The van der Waals surface area contributed by atoms with Crippen LogP contribution >= 0.6 is 11.6 Å². The first-order chi connectivity index (χ1) is 10.8. The molecule has 5 nitrogen and oxygen atoms in total. The number of rotatable bonds is 6. The van der Waals surface area contributed by atoms with Gasteiger partial charge < -0.3 is 19.6 Å². The number of hydrogen-bond acceptors (Lipinski definition) is 4. The molecule has 2 N–H and O–H groups in total. The average molecular weight is 338 g/mol. The normalized spacial score (nSPS) is 13.4. The standard InChI is InChI=1S/C17H20ClNO4/c1-11-4-7-15(23-11)17(2,21)10-19-16(20)9-12-8-13(18)5-6-14(12)22-3/h4-8,21H,9-10H2,1-3H3,(H,19,20). The molecule has 6 heteroatoms. The third kappa shape index (κ3) is 4.50. The van der Waals surface area contributed by atoms with Crippen LogP contribution < -0.4 is 10.1 Å². The number of methoxy groups -OCH3 is 1. The molecule has 0 aliphatic carbocycles. The van der Waals surface area contributed by atoms with Crippen LogP contribution in [0.5, 0.6) is 5.75 Å². The molecule has 0 saturated carbocycles. The van der Waals surface area contributed by atoms with Gasteiger partial charge in [-0.2, -0.15) is 0 Å². The van der Waals surface area contributed by atoms with E-state index < -0.39 is 5.60 Å². The summed E-state index contributed by atoms with van der Waals surface area (Å²) in [5.74, 6) is 1.47. The topological polar surface area (TPSA) is 71.7 Å². The summed E-state index contributed by atoms with van der Waals surface area (Å²) in [5, 5.41) is 13.6. The van der Waals surface area contributed by atoms with E-state index >= 15 is 0 Å². The van der Waals surface area contributed by atoms with Crippen LogP contribution in [0.15, 0.2) is 34.7 Å². The second-order valence-corrected chi connectivity index (χ2v) is 6.03.